The summed E-state index contributed by atoms with van der Waals surface area (Å²) in [4.78, 5) is 4.18. The predicted molar refractivity (Wildman–Crippen MR) is 89.7 cm³/mol. The number of benzene rings is 2. The number of pyridine rings is 1. The Labute approximate surface area is 125 Å². The highest BCUT2D eigenvalue weighted by molar-refractivity contribution is 5.93. The van der Waals surface area contributed by atoms with Gasteiger partial charge in [0.15, 0.2) is 0 Å². The topological polar surface area (TPSA) is 24.9 Å². The van der Waals surface area contributed by atoms with Gasteiger partial charge in [0.2, 0.25) is 0 Å². The third kappa shape index (κ3) is 2.75. The number of hydrogen-bond donors (Lipinski definition) is 1. The molecule has 0 spiro atoms. The van der Waals surface area contributed by atoms with E-state index in [1.165, 1.54) is 33.0 Å². The lowest BCUT2D eigenvalue weighted by Crippen LogP contribution is -2.03. The van der Waals surface area contributed by atoms with Crippen LogP contribution >= 0.6 is 0 Å². The number of hydrogen-bond acceptors (Lipinski definition) is 2. The molecule has 1 aromatic heterocycles. The largest absolute Gasteiger partial charge is 0.380 e. The molecule has 0 bridgehead atoms. The summed E-state index contributed by atoms with van der Waals surface area (Å²) < 4.78 is 0. The van der Waals surface area contributed by atoms with Gasteiger partial charge in [-0.05, 0) is 55.2 Å². The normalized spacial score (nSPS) is 10.8. The first kappa shape index (κ1) is 13.6. The van der Waals surface area contributed by atoms with Crippen LogP contribution in [0.3, 0.4) is 0 Å². The van der Waals surface area contributed by atoms with Gasteiger partial charge in [-0.2, -0.15) is 0 Å². The second kappa shape index (κ2) is 5.57. The van der Waals surface area contributed by atoms with E-state index < -0.39 is 0 Å². The van der Waals surface area contributed by atoms with Crippen molar-refractivity contribution in [3.05, 3.63) is 71.0 Å². The number of anilines is 1. The maximum Gasteiger partial charge on any atom is 0.0423 e. The van der Waals surface area contributed by atoms with Gasteiger partial charge in [-0.3, -0.25) is 4.98 Å². The summed E-state index contributed by atoms with van der Waals surface area (Å²) in [6.07, 6.45) is 3.75. The summed E-state index contributed by atoms with van der Waals surface area (Å²) in [5, 5.41) is 5.95. The Kier molecular flexibility index (Phi) is 3.61. The quantitative estimate of drug-likeness (QED) is 0.745. The van der Waals surface area contributed by atoms with Crippen molar-refractivity contribution in [3.63, 3.8) is 0 Å². The van der Waals surface area contributed by atoms with Gasteiger partial charge in [0.25, 0.3) is 0 Å². The van der Waals surface area contributed by atoms with Crippen LogP contribution in [0.1, 0.15) is 22.3 Å². The maximum absolute atomic E-state index is 4.18. The Hall–Kier alpha value is -2.35. The molecule has 106 valence electrons. The second-order valence-corrected chi connectivity index (χ2v) is 5.62. The molecule has 3 rings (SSSR count). The lowest BCUT2D eigenvalue weighted by molar-refractivity contribution is 1.10. The average Bonchev–Trinajstić information content (AvgIpc) is 2.49. The van der Waals surface area contributed by atoms with Gasteiger partial charge in [0.1, 0.15) is 0 Å². The van der Waals surface area contributed by atoms with Crippen molar-refractivity contribution in [1.29, 1.82) is 0 Å². The van der Waals surface area contributed by atoms with E-state index in [1.807, 2.05) is 12.4 Å². The molecule has 1 N–H and O–H groups in total. The van der Waals surface area contributed by atoms with Crippen molar-refractivity contribution in [3.8, 4) is 0 Å². The third-order valence-electron chi connectivity index (χ3n) is 4.10. The van der Waals surface area contributed by atoms with Gasteiger partial charge in [-0.15, -0.1) is 0 Å². The van der Waals surface area contributed by atoms with Crippen molar-refractivity contribution in [2.75, 3.05) is 5.32 Å². The predicted octanol–water partition coefficient (Wildman–Crippen LogP) is 4.77. The molecule has 21 heavy (non-hydrogen) atoms. The van der Waals surface area contributed by atoms with Gasteiger partial charge < -0.3 is 5.32 Å². The third-order valence-corrected chi connectivity index (χ3v) is 4.10. The van der Waals surface area contributed by atoms with E-state index in [9.17, 15) is 0 Å². The Morgan fingerprint density at radius 3 is 2.62 bits per heavy atom. The number of nitrogens with zero attached hydrogens (tertiary/aromatic N) is 1. The van der Waals surface area contributed by atoms with Crippen molar-refractivity contribution in [2.45, 2.75) is 27.3 Å². The van der Waals surface area contributed by atoms with Crippen molar-refractivity contribution in [2.24, 2.45) is 0 Å². The maximum atomic E-state index is 4.18. The van der Waals surface area contributed by atoms with Gasteiger partial charge in [0.05, 0.1) is 0 Å². The zero-order valence-electron chi connectivity index (χ0n) is 12.8. The van der Waals surface area contributed by atoms with E-state index in [0.29, 0.717) is 0 Å². The molecule has 0 aliphatic carbocycles. The Bertz CT molecular complexity index is 785. The number of aromatic nitrogens is 1. The average molecular weight is 276 g/mol. The fourth-order valence-corrected chi connectivity index (χ4v) is 2.68. The van der Waals surface area contributed by atoms with Crippen molar-refractivity contribution < 1.29 is 0 Å². The molecule has 0 saturated carbocycles. The molecule has 2 aromatic carbocycles. The summed E-state index contributed by atoms with van der Waals surface area (Å²) in [7, 11) is 0. The zero-order valence-corrected chi connectivity index (χ0v) is 12.8. The molecule has 1 heterocycles. The Balaban J connectivity index is 1.89. The fraction of sp³-hybridized carbons (Fsp3) is 0.211. The molecule has 3 aromatic rings. The highest BCUT2D eigenvalue weighted by Crippen LogP contribution is 2.23. The summed E-state index contributed by atoms with van der Waals surface area (Å²) in [6, 6.07) is 12.9. The molecule has 0 atom stereocenters. The van der Waals surface area contributed by atoms with Crippen LogP contribution in [0.4, 0.5) is 5.69 Å². The first-order valence-electron chi connectivity index (χ1n) is 7.28. The Morgan fingerprint density at radius 2 is 1.76 bits per heavy atom. The van der Waals surface area contributed by atoms with E-state index in [0.717, 1.165) is 12.2 Å². The van der Waals surface area contributed by atoms with Crippen LogP contribution in [-0.4, -0.2) is 4.98 Å². The molecule has 2 nitrogen and oxygen atoms in total. The SMILES string of the molecule is Cc1cc(C)c(CNc2cccc3cnccc23)cc1C. The summed E-state index contributed by atoms with van der Waals surface area (Å²) in [5.74, 6) is 0. The highest BCUT2D eigenvalue weighted by atomic mass is 14.9. The number of fused-ring (bicyclic) bond motifs is 1. The van der Waals surface area contributed by atoms with Gasteiger partial charge >= 0.3 is 0 Å². The number of nitrogens with one attached hydrogen (secondary N) is 1. The molecule has 2 heteroatoms. The zero-order chi connectivity index (χ0) is 14.8. The monoisotopic (exact) mass is 276 g/mol. The molecule has 0 radical (unpaired) electrons. The van der Waals surface area contributed by atoms with Gasteiger partial charge in [0, 0.05) is 35.4 Å². The molecule has 0 aliphatic heterocycles. The van der Waals surface area contributed by atoms with Crippen LogP contribution in [0.2, 0.25) is 0 Å². The minimum absolute atomic E-state index is 0.842. The van der Waals surface area contributed by atoms with Crippen LogP contribution in [0.5, 0.6) is 0 Å². The number of aryl methyl sites for hydroxylation is 3. The minimum atomic E-state index is 0.842. The van der Waals surface area contributed by atoms with Gasteiger partial charge in [-0.25, -0.2) is 0 Å². The van der Waals surface area contributed by atoms with Gasteiger partial charge in [-0.1, -0.05) is 24.3 Å². The van der Waals surface area contributed by atoms with Crippen molar-refractivity contribution in [1.82, 2.24) is 4.98 Å². The van der Waals surface area contributed by atoms with Crippen LogP contribution in [-0.2, 0) is 6.54 Å². The summed E-state index contributed by atoms with van der Waals surface area (Å²) in [6.45, 7) is 7.35. The standard InChI is InChI=1S/C19H20N2/c1-13-9-15(3)17(10-14(13)2)12-21-19-6-4-5-16-11-20-8-7-18(16)19/h4-11,21H,12H2,1-3H3. The lowest BCUT2D eigenvalue weighted by atomic mass is 10.0. The van der Waals surface area contributed by atoms with E-state index in [-0.39, 0.29) is 0 Å². The Morgan fingerprint density at radius 1 is 0.952 bits per heavy atom. The summed E-state index contributed by atoms with van der Waals surface area (Å²) in [5.41, 5.74) is 6.55. The molecule has 0 unspecified atom stereocenters. The van der Waals surface area contributed by atoms with E-state index in [2.05, 4.69) is 67.5 Å². The first-order valence-corrected chi connectivity index (χ1v) is 7.28. The summed E-state index contributed by atoms with van der Waals surface area (Å²) >= 11 is 0. The fourth-order valence-electron chi connectivity index (χ4n) is 2.68. The smallest absolute Gasteiger partial charge is 0.0423 e. The van der Waals surface area contributed by atoms with Crippen LogP contribution in [0, 0.1) is 20.8 Å². The highest BCUT2D eigenvalue weighted by Gasteiger charge is 2.04. The van der Waals surface area contributed by atoms with E-state index in [4.69, 9.17) is 0 Å². The van der Waals surface area contributed by atoms with E-state index in [1.54, 1.807) is 0 Å². The molecule has 0 saturated heterocycles. The molecular formula is C19H20N2. The molecule has 0 fully saturated rings. The van der Waals surface area contributed by atoms with Crippen LogP contribution in [0.25, 0.3) is 10.8 Å². The van der Waals surface area contributed by atoms with Crippen molar-refractivity contribution >= 4 is 16.5 Å². The molecular weight excluding hydrogens is 256 g/mol. The van der Waals surface area contributed by atoms with Crippen LogP contribution in [0.15, 0.2) is 48.8 Å². The first-order chi connectivity index (χ1) is 10.1. The number of rotatable bonds is 3. The van der Waals surface area contributed by atoms with Crippen LogP contribution < -0.4 is 5.32 Å². The van der Waals surface area contributed by atoms with E-state index >= 15 is 0 Å². The molecule has 0 aliphatic rings. The second-order valence-electron chi connectivity index (χ2n) is 5.62. The molecule has 0 amide bonds. The lowest BCUT2D eigenvalue weighted by Gasteiger charge is -2.13. The minimum Gasteiger partial charge on any atom is -0.380 e.